The number of nitrogens with zero attached hydrogens (tertiary/aromatic N) is 2. The van der Waals surface area contributed by atoms with Crippen LogP contribution >= 0.6 is 0 Å². The topological polar surface area (TPSA) is 52.7 Å². The van der Waals surface area contributed by atoms with E-state index in [0.29, 0.717) is 19.6 Å². The highest BCUT2D eigenvalue weighted by molar-refractivity contribution is 7.86. The van der Waals surface area contributed by atoms with Crippen LogP contribution in [0.1, 0.15) is 32.6 Å². The normalized spacial score (nSPS) is 30.1. The summed E-state index contributed by atoms with van der Waals surface area (Å²) in [6.07, 6.45) is 4.31. The second kappa shape index (κ2) is 5.65. The highest BCUT2D eigenvalue weighted by Gasteiger charge is 2.34. The van der Waals surface area contributed by atoms with Crippen LogP contribution in [0.15, 0.2) is 0 Å². The molecule has 0 aromatic heterocycles. The van der Waals surface area contributed by atoms with E-state index in [0.717, 1.165) is 38.8 Å². The highest BCUT2D eigenvalue weighted by atomic mass is 32.2. The Morgan fingerprint density at radius 3 is 2.29 bits per heavy atom. The molecule has 2 aliphatic rings. The monoisotopic (exact) mass is 261 g/mol. The molecule has 2 rings (SSSR count). The summed E-state index contributed by atoms with van der Waals surface area (Å²) in [5.74, 6) is 0. The molecule has 100 valence electrons. The molecule has 2 aliphatic heterocycles. The van der Waals surface area contributed by atoms with Gasteiger partial charge in [-0.05, 0) is 19.8 Å². The van der Waals surface area contributed by atoms with Crippen LogP contribution in [0.4, 0.5) is 0 Å². The van der Waals surface area contributed by atoms with E-state index in [4.69, 9.17) is 0 Å². The van der Waals surface area contributed by atoms with E-state index in [-0.39, 0.29) is 6.04 Å². The quantitative estimate of drug-likeness (QED) is 0.783. The van der Waals surface area contributed by atoms with E-state index in [9.17, 15) is 8.42 Å². The van der Waals surface area contributed by atoms with Crippen molar-refractivity contribution in [3.05, 3.63) is 0 Å². The summed E-state index contributed by atoms with van der Waals surface area (Å²) < 4.78 is 28.4. The van der Waals surface area contributed by atoms with Gasteiger partial charge in [0.15, 0.2) is 0 Å². The molecule has 17 heavy (non-hydrogen) atoms. The van der Waals surface area contributed by atoms with E-state index in [1.807, 2.05) is 6.92 Å². The molecule has 2 heterocycles. The Morgan fingerprint density at radius 1 is 1.06 bits per heavy atom. The number of hydrogen-bond donors (Lipinski definition) is 1. The Balaban J connectivity index is 2.10. The van der Waals surface area contributed by atoms with Gasteiger partial charge in [-0.15, -0.1) is 0 Å². The zero-order valence-corrected chi connectivity index (χ0v) is 11.4. The van der Waals surface area contributed by atoms with Crippen LogP contribution in [-0.4, -0.2) is 55.8 Å². The first-order chi connectivity index (χ1) is 8.12. The Hall–Kier alpha value is -0.170. The maximum atomic E-state index is 12.5. The molecule has 1 atom stereocenters. The van der Waals surface area contributed by atoms with Gasteiger partial charge in [0.05, 0.1) is 0 Å². The van der Waals surface area contributed by atoms with E-state index < -0.39 is 10.2 Å². The summed E-state index contributed by atoms with van der Waals surface area (Å²) in [4.78, 5) is 0. The van der Waals surface area contributed by atoms with Crippen molar-refractivity contribution in [2.24, 2.45) is 0 Å². The van der Waals surface area contributed by atoms with Crippen LogP contribution in [0.2, 0.25) is 0 Å². The molecule has 0 amide bonds. The van der Waals surface area contributed by atoms with Crippen LogP contribution < -0.4 is 5.32 Å². The third-order valence-electron chi connectivity index (χ3n) is 3.63. The van der Waals surface area contributed by atoms with Gasteiger partial charge < -0.3 is 5.32 Å². The van der Waals surface area contributed by atoms with E-state index in [2.05, 4.69) is 5.32 Å². The highest BCUT2D eigenvalue weighted by Crippen LogP contribution is 2.18. The molecule has 1 unspecified atom stereocenters. The summed E-state index contributed by atoms with van der Waals surface area (Å²) in [6, 6.07) is 0.0667. The second-order valence-corrected chi connectivity index (χ2v) is 6.87. The Kier molecular flexibility index (Phi) is 4.41. The van der Waals surface area contributed by atoms with Crippen molar-refractivity contribution in [3.63, 3.8) is 0 Å². The predicted octanol–water partition coefficient (Wildman–Crippen LogP) is 0.401. The average Bonchev–Trinajstić information content (AvgIpc) is 2.58. The molecular weight excluding hydrogens is 238 g/mol. The van der Waals surface area contributed by atoms with Gasteiger partial charge in [0, 0.05) is 38.8 Å². The van der Waals surface area contributed by atoms with Crippen molar-refractivity contribution < 1.29 is 8.42 Å². The van der Waals surface area contributed by atoms with Crippen molar-refractivity contribution in [3.8, 4) is 0 Å². The molecular formula is C11H23N3O2S. The largest absolute Gasteiger partial charge is 0.314 e. The van der Waals surface area contributed by atoms with Crippen LogP contribution in [0, 0.1) is 0 Å². The fourth-order valence-electron chi connectivity index (χ4n) is 2.59. The molecule has 2 saturated heterocycles. The third-order valence-corrected chi connectivity index (χ3v) is 5.78. The van der Waals surface area contributed by atoms with Crippen LogP contribution in [0.5, 0.6) is 0 Å². The minimum atomic E-state index is -3.23. The summed E-state index contributed by atoms with van der Waals surface area (Å²) >= 11 is 0. The fourth-order valence-corrected chi connectivity index (χ4v) is 4.45. The lowest BCUT2D eigenvalue weighted by molar-refractivity contribution is 0.257. The zero-order chi connectivity index (χ0) is 12.3. The van der Waals surface area contributed by atoms with Gasteiger partial charge in [-0.3, -0.25) is 0 Å². The van der Waals surface area contributed by atoms with Crippen LogP contribution in [0.25, 0.3) is 0 Å². The number of rotatable bonds is 2. The first-order valence-corrected chi connectivity index (χ1v) is 8.00. The fraction of sp³-hybridized carbons (Fsp3) is 1.00. The van der Waals surface area contributed by atoms with Gasteiger partial charge in [0.1, 0.15) is 0 Å². The number of nitrogens with one attached hydrogen (secondary N) is 1. The van der Waals surface area contributed by atoms with Crippen molar-refractivity contribution in [2.45, 2.75) is 38.6 Å². The molecule has 0 aliphatic carbocycles. The number of piperazine rings is 1. The maximum Gasteiger partial charge on any atom is 0.282 e. The maximum absolute atomic E-state index is 12.5. The van der Waals surface area contributed by atoms with Gasteiger partial charge in [0.25, 0.3) is 10.2 Å². The van der Waals surface area contributed by atoms with Crippen molar-refractivity contribution in [2.75, 3.05) is 32.7 Å². The first-order valence-electron chi connectivity index (χ1n) is 6.60. The van der Waals surface area contributed by atoms with E-state index >= 15 is 0 Å². The van der Waals surface area contributed by atoms with E-state index in [1.165, 1.54) is 0 Å². The van der Waals surface area contributed by atoms with Gasteiger partial charge in [-0.2, -0.15) is 17.0 Å². The molecule has 0 aromatic carbocycles. The summed E-state index contributed by atoms with van der Waals surface area (Å²) in [5.41, 5.74) is 0. The molecule has 0 radical (unpaired) electrons. The van der Waals surface area contributed by atoms with Crippen molar-refractivity contribution >= 4 is 10.2 Å². The first kappa shape index (κ1) is 13.3. The van der Waals surface area contributed by atoms with Gasteiger partial charge in [-0.25, -0.2) is 0 Å². The molecule has 0 aromatic rings. The van der Waals surface area contributed by atoms with E-state index in [1.54, 1.807) is 8.61 Å². The molecule has 5 nitrogen and oxygen atoms in total. The third kappa shape index (κ3) is 2.99. The molecule has 1 N–H and O–H groups in total. The smallest absolute Gasteiger partial charge is 0.282 e. The molecule has 6 heteroatoms. The molecule has 0 saturated carbocycles. The van der Waals surface area contributed by atoms with Gasteiger partial charge in [0.2, 0.25) is 0 Å². The molecule has 0 spiro atoms. The lowest BCUT2D eigenvalue weighted by Gasteiger charge is -2.36. The van der Waals surface area contributed by atoms with Crippen LogP contribution in [0.3, 0.4) is 0 Å². The predicted molar refractivity (Wildman–Crippen MR) is 68.0 cm³/mol. The summed E-state index contributed by atoms with van der Waals surface area (Å²) in [6.45, 7) is 5.48. The van der Waals surface area contributed by atoms with Crippen LogP contribution in [-0.2, 0) is 10.2 Å². The Bertz CT molecular complexity index is 337. The standard InChI is InChI=1S/C11H23N3O2S/c1-11-10-12-6-9-14(11)17(15,16)13-7-4-2-3-5-8-13/h11-12H,2-10H2,1H3. The second-order valence-electron chi connectivity index (χ2n) is 4.98. The molecule has 2 fully saturated rings. The summed E-state index contributed by atoms with van der Waals surface area (Å²) in [5, 5.41) is 3.23. The van der Waals surface area contributed by atoms with Gasteiger partial charge >= 0.3 is 0 Å². The van der Waals surface area contributed by atoms with Crippen molar-refractivity contribution in [1.29, 1.82) is 0 Å². The average molecular weight is 261 g/mol. The minimum absolute atomic E-state index is 0.0667. The lowest BCUT2D eigenvalue weighted by atomic mass is 10.2. The number of hydrogen-bond acceptors (Lipinski definition) is 3. The van der Waals surface area contributed by atoms with Gasteiger partial charge in [-0.1, -0.05) is 12.8 Å². The zero-order valence-electron chi connectivity index (χ0n) is 10.6. The Labute approximate surface area is 104 Å². The minimum Gasteiger partial charge on any atom is -0.314 e. The lowest BCUT2D eigenvalue weighted by Crippen LogP contribution is -2.56. The molecule has 0 bridgehead atoms. The van der Waals surface area contributed by atoms with Crippen molar-refractivity contribution in [1.82, 2.24) is 13.9 Å². The Morgan fingerprint density at radius 2 is 1.71 bits per heavy atom. The summed E-state index contributed by atoms with van der Waals surface area (Å²) in [7, 11) is -3.23. The SMILES string of the molecule is CC1CNCCN1S(=O)(=O)N1CCCCCC1.